The third kappa shape index (κ3) is 3.18. The lowest BCUT2D eigenvalue weighted by molar-refractivity contribution is 0.258. The summed E-state index contributed by atoms with van der Waals surface area (Å²) in [5, 5.41) is 0.586. The number of aromatic nitrogens is 2. The molecule has 0 aromatic carbocycles. The average molecular weight is 281 g/mol. The second kappa shape index (κ2) is 5.63. The van der Waals surface area contributed by atoms with Gasteiger partial charge in [-0.1, -0.05) is 18.5 Å². The van der Waals surface area contributed by atoms with Gasteiger partial charge in [-0.25, -0.2) is 9.97 Å². The summed E-state index contributed by atoms with van der Waals surface area (Å²) in [6.45, 7) is 7.75. The average Bonchev–Trinajstić information content (AvgIpc) is 3.23. The van der Waals surface area contributed by atoms with Crippen LogP contribution >= 0.6 is 11.6 Å². The van der Waals surface area contributed by atoms with Gasteiger partial charge in [0.05, 0.1) is 0 Å². The molecule has 3 rings (SSSR count). The molecule has 1 aromatic heterocycles. The largest absolute Gasteiger partial charge is 0.354 e. The molecule has 0 amide bonds. The zero-order valence-electron chi connectivity index (χ0n) is 11.5. The van der Waals surface area contributed by atoms with Gasteiger partial charge in [0.15, 0.2) is 0 Å². The van der Waals surface area contributed by atoms with Crippen molar-refractivity contribution < 1.29 is 0 Å². The first-order valence-corrected chi connectivity index (χ1v) is 7.66. The molecular formula is C14H21ClN4. The predicted octanol–water partition coefficient (Wildman–Crippen LogP) is 2.54. The van der Waals surface area contributed by atoms with Crippen LogP contribution in [-0.4, -0.2) is 47.6 Å². The minimum atomic E-state index is 0.554. The quantitative estimate of drug-likeness (QED) is 0.794. The van der Waals surface area contributed by atoms with Crippen molar-refractivity contribution in [2.24, 2.45) is 0 Å². The molecule has 1 aromatic rings. The van der Waals surface area contributed by atoms with Crippen molar-refractivity contribution in [2.45, 2.75) is 32.1 Å². The van der Waals surface area contributed by atoms with Crippen LogP contribution in [0.3, 0.4) is 0 Å². The third-order valence-electron chi connectivity index (χ3n) is 3.88. The van der Waals surface area contributed by atoms with E-state index in [0.29, 0.717) is 11.1 Å². The number of hydrogen-bond donors (Lipinski definition) is 0. The third-order valence-corrected chi connectivity index (χ3v) is 4.07. The van der Waals surface area contributed by atoms with E-state index in [1.165, 1.54) is 25.8 Å². The van der Waals surface area contributed by atoms with Crippen LogP contribution in [0.25, 0.3) is 0 Å². The van der Waals surface area contributed by atoms with Crippen molar-refractivity contribution in [3.63, 3.8) is 0 Å². The van der Waals surface area contributed by atoms with Crippen LogP contribution in [0, 0.1) is 0 Å². The molecule has 5 heteroatoms. The van der Waals surface area contributed by atoms with E-state index >= 15 is 0 Å². The number of halogens is 1. The molecule has 0 N–H and O–H groups in total. The summed E-state index contributed by atoms with van der Waals surface area (Å²) >= 11 is 6.13. The SMILES string of the molecule is CCCN1CCN(c2cc(Cl)nc(C3CC3)n2)CC1. The Morgan fingerprint density at radius 3 is 2.58 bits per heavy atom. The van der Waals surface area contributed by atoms with Crippen LogP contribution in [0.2, 0.25) is 5.15 Å². The lowest BCUT2D eigenvalue weighted by atomic mass is 10.3. The van der Waals surface area contributed by atoms with E-state index in [0.717, 1.165) is 37.8 Å². The zero-order valence-corrected chi connectivity index (χ0v) is 12.2. The standard InChI is InChI=1S/C14H21ClN4/c1-2-5-18-6-8-19(9-7-18)13-10-12(15)16-14(17-13)11-3-4-11/h10-11H,2-9H2,1H3. The van der Waals surface area contributed by atoms with E-state index in [2.05, 4.69) is 21.7 Å². The van der Waals surface area contributed by atoms with Gasteiger partial charge in [-0.05, 0) is 25.8 Å². The minimum Gasteiger partial charge on any atom is -0.354 e. The summed E-state index contributed by atoms with van der Waals surface area (Å²) in [5.41, 5.74) is 0. The fraction of sp³-hybridized carbons (Fsp3) is 0.714. The highest BCUT2D eigenvalue weighted by Gasteiger charge is 2.28. The van der Waals surface area contributed by atoms with E-state index < -0.39 is 0 Å². The second-order valence-corrected chi connectivity index (χ2v) is 5.90. The van der Waals surface area contributed by atoms with Crippen molar-refractivity contribution >= 4 is 17.4 Å². The lowest BCUT2D eigenvalue weighted by Gasteiger charge is -2.35. The predicted molar refractivity (Wildman–Crippen MR) is 78.0 cm³/mol. The second-order valence-electron chi connectivity index (χ2n) is 5.51. The molecule has 0 spiro atoms. The number of rotatable bonds is 4. The molecule has 19 heavy (non-hydrogen) atoms. The Labute approximate surface area is 119 Å². The maximum atomic E-state index is 6.13. The molecular weight excluding hydrogens is 260 g/mol. The Bertz CT molecular complexity index is 439. The zero-order chi connectivity index (χ0) is 13.2. The highest BCUT2D eigenvalue weighted by atomic mass is 35.5. The molecule has 0 radical (unpaired) electrons. The van der Waals surface area contributed by atoms with Crippen molar-refractivity contribution in [1.82, 2.24) is 14.9 Å². The first-order chi connectivity index (χ1) is 9.26. The highest BCUT2D eigenvalue weighted by molar-refractivity contribution is 6.29. The van der Waals surface area contributed by atoms with Crippen LogP contribution in [0.4, 0.5) is 5.82 Å². The van der Waals surface area contributed by atoms with Gasteiger partial charge in [0.1, 0.15) is 16.8 Å². The summed E-state index contributed by atoms with van der Waals surface area (Å²) in [4.78, 5) is 13.9. The maximum absolute atomic E-state index is 6.13. The summed E-state index contributed by atoms with van der Waals surface area (Å²) in [6, 6.07) is 1.91. The molecule has 2 heterocycles. The topological polar surface area (TPSA) is 32.3 Å². The van der Waals surface area contributed by atoms with E-state index in [4.69, 9.17) is 16.6 Å². The molecule has 0 bridgehead atoms. The molecule has 0 atom stereocenters. The van der Waals surface area contributed by atoms with Gasteiger partial charge in [-0.15, -0.1) is 0 Å². The molecule has 1 aliphatic carbocycles. The Morgan fingerprint density at radius 2 is 1.95 bits per heavy atom. The highest BCUT2D eigenvalue weighted by Crippen LogP contribution is 2.39. The van der Waals surface area contributed by atoms with Crippen LogP contribution in [0.1, 0.15) is 37.9 Å². The van der Waals surface area contributed by atoms with Gasteiger partial charge in [0.25, 0.3) is 0 Å². The molecule has 2 fully saturated rings. The molecule has 1 saturated carbocycles. The fourth-order valence-electron chi connectivity index (χ4n) is 2.63. The van der Waals surface area contributed by atoms with E-state index in [1.54, 1.807) is 0 Å². The monoisotopic (exact) mass is 280 g/mol. The van der Waals surface area contributed by atoms with Gasteiger partial charge in [-0.3, -0.25) is 4.90 Å². The van der Waals surface area contributed by atoms with Gasteiger partial charge in [-0.2, -0.15) is 0 Å². The number of piperazine rings is 1. The lowest BCUT2D eigenvalue weighted by Crippen LogP contribution is -2.46. The number of nitrogens with zero attached hydrogens (tertiary/aromatic N) is 4. The molecule has 4 nitrogen and oxygen atoms in total. The van der Waals surface area contributed by atoms with E-state index in [9.17, 15) is 0 Å². The number of anilines is 1. The van der Waals surface area contributed by atoms with Crippen LogP contribution in [-0.2, 0) is 0 Å². The summed E-state index contributed by atoms with van der Waals surface area (Å²) < 4.78 is 0. The summed E-state index contributed by atoms with van der Waals surface area (Å²) in [6.07, 6.45) is 3.65. The number of hydrogen-bond acceptors (Lipinski definition) is 4. The first kappa shape index (κ1) is 13.1. The molecule has 2 aliphatic rings. The fourth-order valence-corrected chi connectivity index (χ4v) is 2.81. The van der Waals surface area contributed by atoms with E-state index in [-0.39, 0.29) is 0 Å². The Balaban J connectivity index is 1.69. The Kier molecular flexibility index (Phi) is 3.89. The van der Waals surface area contributed by atoms with Crippen molar-refractivity contribution in [2.75, 3.05) is 37.6 Å². The molecule has 1 aliphatic heterocycles. The Morgan fingerprint density at radius 1 is 1.21 bits per heavy atom. The molecule has 104 valence electrons. The van der Waals surface area contributed by atoms with Crippen molar-refractivity contribution in [3.8, 4) is 0 Å². The molecule has 1 saturated heterocycles. The van der Waals surface area contributed by atoms with E-state index in [1.807, 2.05) is 6.07 Å². The van der Waals surface area contributed by atoms with Crippen molar-refractivity contribution in [1.29, 1.82) is 0 Å². The normalized spacial score (nSPS) is 20.8. The smallest absolute Gasteiger partial charge is 0.135 e. The van der Waals surface area contributed by atoms with Gasteiger partial charge < -0.3 is 4.90 Å². The maximum Gasteiger partial charge on any atom is 0.135 e. The van der Waals surface area contributed by atoms with Crippen molar-refractivity contribution in [3.05, 3.63) is 17.0 Å². The first-order valence-electron chi connectivity index (χ1n) is 7.28. The Hall–Kier alpha value is -0.870. The van der Waals surface area contributed by atoms with Crippen LogP contribution in [0.15, 0.2) is 6.07 Å². The molecule has 0 unspecified atom stereocenters. The van der Waals surface area contributed by atoms with Gasteiger partial charge >= 0.3 is 0 Å². The minimum absolute atomic E-state index is 0.554. The van der Waals surface area contributed by atoms with Gasteiger partial charge in [0.2, 0.25) is 0 Å². The van der Waals surface area contributed by atoms with Crippen LogP contribution < -0.4 is 4.90 Å². The summed E-state index contributed by atoms with van der Waals surface area (Å²) in [5.74, 6) is 2.51. The van der Waals surface area contributed by atoms with Crippen LogP contribution in [0.5, 0.6) is 0 Å². The van der Waals surface area contributed by atoms with Gasteiger partial charge in [0, 0.05) is 38.2 Å². The summed E-state index contributed by atoms with van der Waals surface area (Å²) in [7, 11) is 0.